The lowest BCUT2D eigenvalue weighted by Gasteiger charge is -2.22. The third-order valence-corrected chi connectivity index (χ3v) is 5.32. The lowest BCUT2D eigenvalue weighted by molar-refractivity contribution is 0.0736. The van der Waals surface area contributed by atoms with Gasteiger partial charge in [0.2, 0.25) is 0 Å². The quantitative estimate of drug-likeness (QED) is 0.642. The number of benzene rings is 1. The number of aromatic nitrogens is 3. The van der Waals surface area contributed by atoms with Crippen LogP contribution in [0.25, 0.3) is 0 Å². The molecule has 0 bridgehead atoms. The summed E-state index contributed by atoms with van der Waals surface area (Å²) in [4.78, 5) is 18.5. The number of methoxy groups -OCH3 is 1. The Morgan fingerprint density at radius 2 is 2.22 bits per heavy atom. The van der Waals surface area contributed by atoms with Crippen molar-refractivity contribution < 1.29 is 14.3 Å². The van der Waals surface area contributed by atoms with Crippen LogP contribution in [0.4, 0.5) is 0 Å². The van der Waals surface area contributed by atoms with Crippen molar-refractivity contribution in [2.45, 2.75) is 19.6 Å². The zero-order valence-corrected chi connectivity index (χ0v) is 16.7. The largest absolute Gasteiger partial charge is 0.497 e. The number of nitrogens with one attached hydrogen (secondary N) is 1. The van der Waals surface area contributed by atoms with Crippen LogP contribution in [0.1, 0.15) is 34.2 Å². The Balaban J connectivity index is 1.63. The van der Waals surface area contributed by atoms with E-state index < -0.39 is 0 Å². The van der Waals surface area contributed by atoms with Crippen LogP contribution in [-0.4, -0.2) is 40.1 Å². The summed E-state index contributed by atoms with van der Waals surface area (Å²) in [6, 6.07) is 6.70. The molecule has 9 heteroatoms. The normalized spacial score (nSPS) is 11.9. The van der Waals surface area contributed by atoms with Crippen LogP contribution in [-0.2, 0) is 6.61 Å². The number of carbonyl (C=O) groups excluding carboxylic acids is 1. The van der Waals surface area contributed by atoms with Gasteiger partial charge in [-0.1, -0.05) is 11.6 Å². The van der Waals surface area contributed by atoms with E-state index in [1.54, 1.807) is 49.5 Å². The fraction of sp³-hybridized carbons (Fsp3) is 0.278. The SMILES string of the molecule is COc1ccc(OCc2cc(C(=O)N(C)C(C)c3nccs3)n[nH]2)c(Cl)c1. The summed E-state index contributed by atoms with van der Waals surface area (Å²) < 4.78 is 10.8. The number of rotatable bonds is 7. The molecule has 0 radical (unpaired) electrons. The minimum absolute atomic E-state index is 0.132. The number of hydrogen-bond acceptors (Lipinski definition) is 6. The van der Waals surface area contributed by atoms with Gasteiger partial charge in [-0.25, -0.2) is 4.98 Å². The summed E-state index contributed by atoms with van der Waals surface area (Å²) in [5.41, 5.74) is 0.987. The van der Waals surface area contributed by atoms with Crippen molar-refractivity contribution in [2.24, 2.45) is 0 Å². The molecule has 1 amide bonds. The standard InChI is InChI=1S/C18H19ClN4O3S/c1-11(17-20-6-7-27-17)23(2)18(24)15-8-12(21-22-15)10-26-16-5-4-13(25-3)9-14(16)19/h4-9,11H,10H2,1-3H3,(H,21,22). The second-order valence-corrected chi connectivity index (χ2v) is 7.16. The zero-order chi connectivity index (χ0) is 19.4. The van der Waals surface area contributed by atoms with Crippen LogP contribution in [0.5, 0.6) is 11.5 Å². The van der Waals surface area contributed by atoms with E-state index in [-0.39, 0.29) is 18.6 Å². The van der Waals surface area contributed by atoms with E-state index in [2.05, 4.69) is 15.2 Å². The summed E-state index contributed by atoms with van der Waals surface area (Å²) in [5.74, 6) is 0.983. The predicted molar refractivity (Wildman–Crippen MR) is 104 cm³/mol. The minimum atomic E-state index is -0.192. The molecule has 1 unspecified atom stereocenters. The van der Waals surface area contributed by atoms with Crippen molar-refractivity contribution in [1.29, 1.82) is 0 Å². The highest BCUT2D eigenvalue weighted by Gasteiger charge is 2.22. The Morgan fingerprint density at radius 3 is 2.89 bits per heavy atom. The first-order valence-electron chi connectivity index (χ1n) is 8.16. The van der Waals surface area contributed by atoms with Crippen LogP contribution >= 0.6 is 22.9 Å². The predicted octanol–water partition coefficient (Wildman–Crippen LogP) is 3.94. The highest BCUT2D eigenvalue weighted by Crippen LogP contribution is 2.29. The van der Waals surface area contributed by atoms with Crippen LogP contribution in [0.15, 0.2) is 35.8 Å². The second-order valence-electron chi connectivity index (χ2n) is 5.83. The molecule has 2 heterocycles. The first-order valence-corrected chi connectivity index (χ1v) is 9.42. The molecule has 142 valence electrons. The van der Waals surface area contributed by atoms with Crippen molar-refractivity contribution in [1.82, 2.24) is 20.1 Å². The van der Waals surface area contributed by atoms with E-state index in [0.29, 0.717) is 27.9 Å². The maximum absolute atomic E-state index is 12.6. The van der Waals surface area contributed by atoms with Gasteiger partial charge in [0, 0.05) is 24.7 Å². The molecule has 0 spiro atoms. The number of H-pyrrole nitrogens is 1. The number of nitrogens with zero attached hydrogens (tertiary/aromatic N) is 3. The molecular formula is C18H19ClN4O3S. The Kier molecular flexibility index (Phi) is 5.98. The summed E-state index contributed by atoms with van der Waals surface area (Å²) in [7, 11) is 3.30. The van der Waals surface area contributed by atoms with Crippen LogP contribution in [0.2, 0.25) is 5.02 Å². The molecule has 0 saturated heterocycles. The fourth-order valence-corrected chi connectivity index (χ4v) is 3.35. The van der Waals surface area contributed by atoms with E-state index in [1.165, 1.54) is 11.3 Å². The summed E-state index contributed by atoms with van der Waals surface area (Å²) >= 11 is 7.67. The number of thiazole rings is 1. The van der Waals surface area contributed by atoms with Crippen molar-refractivity contribution in [3.63, 3.8) is 0 Å². The number of amides is 1. The molecule has 3 rings (SSSR count). The number of aromatic amines is 1. The molecule has 1 N–H and O–H groups in total. The fourth-order valence-electron chi connectivity index (χ4n) is 2.39. The molecule has 0 aliphatic rings. The van der Waals surface area contributed by atoms with Gasteiger partial charge in [-0.2, -0.15) is 5.10 Å². The molecule has 0 aliphatic heterocycles. The van der Waals surface area contributed by atoms with Gasteiger partial charge in [-0.15, -0.1) is 11.3 Å². The van der Waals surface area contributed by atoms with Crippen molar-refractivity contribution >= 4 is 28.8 Å². The van der Waals surface area contributed by atoms with Crippen molar-refractivity contribution in [2.75, 3.05) is 14.2 Å². The number of carbonyl (C=O) groups is 1. The first-order chi connectivity index (χ1) is 13.0. The zero-order valence-electron chi connectivity index (χ0n) is 15.1. The Labute approximate surface area is 165 Å². The van der Waals surface area contributed by atoms with Gasteiger partial charge in [0.25, 0.3) is 5.91 Å². The number of ether oxygens (including phenoxy) is 2. The minimum Gasteiger partial charge on any atom is -0.497 e. The van der Waals surface area contributed by atoms with E-state index in [4.69, 9.17) is 21.1 Å². The van der Waals surface area contributed by atoms with E-state index in [0.717, 1.165) is 5.01 Å². The molecule has 1 atom stereocenters. The van der Waals surface area contributed by atoms with Crippen LogP contribution in [0, 0.1) is 0 Å². The van der Waals surface area contributed by atoms with E-state index >= 15 is 0 Å². The Bertz CT molecular complexity index is 913. The maximum atomic E-state index is 12.6. The molecule has 27 heavy (non-hydrogen) atoms. The van der Waals surface area contributed by atoms with Gasteiger partial charge in [-0.05, 0) is 25.1 Å². The summed E-state index contributed by atoms with van der Waals surface area (Å²) in [5, 5.41) is 10.1. The Morgan fingerprint density at radius 1 is 1.41 bits per heavy atom. The molecule has 0 aliphatic carbocycles. The van der Waals surface area contributed by atoms with Gasteiger partial charge >= 0.3 is 0 Å². The number of halogens is 1. The third-order valence-electron chi connectivity index (χ3n) is 4.08. The maximum Gasteiger partial charge on any atom is 0.274 e. The molecule has 7 nitrogen and oxygen atoms in total. The molecule has 2 aromatic heterocycles. The van der Waals surface area contributed by atoms with Gasteiger partial charge in [-0.3, -0.25) is 9.89 Å². The molecule has 1 aromatic carbocycles. The van der Waals surface area contributed by atoms with Gasteiger partial charge < -0.3 is 14.4 Å². The van der Waals surface area contributed by atoms with E-state index in [9.17, 15) is 4.79 Å². The summed E-state index contributed by atoms with van der Waals surface area (Å²) in [6.45, 7) is 2.14. The average molecular weight is 407 g/mol. The van der Waals surface area contributed by atoms with Crippen LogP contribution in [0.3, 0.4) is 0 Å². The first kappa shape index (κ1) is 19.2. The highest BCUT2D eigenvalue weighted by atomic mass is 35.5. The third kappa shape index (κ3) is 4.40. The highest BCUT2D eigenvalue weighted by molar-refractivity contribution is 7.09. The van der Waals surface area contributed by atoms with E-state index in [1.807, 2.05) is 12.3 Å². The topological polar surface area (TPSA) is 80.3 Å². The Hall–Kier alpha value is -2.58. The second kappa shape index (κ2) is 8.41. The van der Waals surface area contributed by atoms with Crippen molar-refractivity contribution in [3.05, 3.63) is 57.3 Å². The lowest BCUT2D eigenvalue weighted by Crippen LogP contribution is -2.29. The molecular weight excluding hydrogens is 388 g/mol. The molecule has 0 saturated carbocycles. The van der Waals surface area contributed by atoms with Crippen LogP contribution < -0.4 is 9.47 Å². The smallest absolute Gasteiger partial charge is 0.274 e. The van der Waals surface area contributed by atoms with Gasteiger partial charge in [0.1, 0.15) is 23.1 Å². The monoisotopic (exact) mass is 406 g/mol. The van der Waals surface area contributed by atoms with Crippen molar-refractivity contribution in [3.8, 4) is 11.5 Å². The number of hydrogen-bond donors (Lipinski definition) is 1. The van der Waals surface area contributed by atoms with Gasteiger partial charge in [0.05, 0.1) is 23.9 Å². The lowest BCUT2D eigenvalue weighted by atomic mass is 10.2. The molecule has 0 fully saturated rings. The average Bonchev–Trinajstić information content (AvgIpc) is 3.37. The molecule has 3 aromatic rings. The van der Waals surface area contributed by atoms with Gasteiger partial charge in [0.15, 0.2) is 5.69 Å². The summed E-state index contributed by atoms with van der Waals surface area (Å²) in [6.07, 6.45) is 1.73.